The topological polar surface area (TPSA) is 58.6 Å². The number of aryl methyl sites for hydroxylation is 1. The number of methoxy groups -OCH3 is 1. The van der Waals surface area contributed by atoms with Gasteiger partial charge in [-0.15, -0.1) is 0 Å². The molecule has 0 atom stereocenters. The lowest BCUT2D eigenvalue weighted by molar-refractivity contribution is 0.0953. The number of carbonyl (C=O) groups is 1. The molecule has 0 saturated carbocycles. The molecule has 0 saturated heterocycles. The Hall–Kier alpha value is -2.49. The minimum atomic E-state index is -0.129. The molecule has 0 fully saturated rings. The number of phenolic OH excluding ortho intramolecular Hbond substituents is 1. The summed E-state index contributed by atoms with van der Waals surface area (Å²) >= 11 is 0. The van der Waals surface area contributed by atoms with Crippen molar-refractivity contribution in [3.63, 3.8) is 0 Å². The maximum atomic E-state index is 12.1. The molecule has 0 unspecified atom stereocenters. The second kappa shape index (κ2) is 6.79. The molecule has 4 nitrogen and oxygen atoms in total. The SMILES string of the molecule is COc1cccc(CCNC(=O)c2ccc(O)cc2C)c1. The quantitative estimate of drug-likeness (QED) is 0.888. The van der Waals surface area contributed by atoms with E-state index < -0.39 is 0 Å². The smallest absolute Gasteiger partial charge is 0.251 e. The molecule has 0 aliphatic heterocycles. The molecule has 0 radical (unpaired) electrons. The minimum absolute atomic E-state index is 0.129. The zero-order chi connectivity index (χ0) is 15.2. The molecule has 110 valence electrons. The number of aromatic hydroxyl groups is 1. The monoisotopic (exact) mass is 285 g/mol. The molecule has 2 N–H and O–H groups in total. The number of carbonyl (C=O) groups excluding carboxylic acids is 1. The molecule has 21 heavy (non-hydrogen) atoms. The number of ether oxygens (including phenoxy) is 1. The zero-order valence-corrected chi connectivity index (χ0v) is 12.2. The molecule has 4 heteroatoms. The Balaban J connectivity index is 1.92. The molecular formula is C17H19NO3. The van der Waals surface area contributed by atoms with Gasteiger partial charge in [-0.05, 0) is 54.8 Å². The summed E-state index contributed by atoms with van der Waals surface area (Å²) in [5, 5.41) is 12.2. The van der Waals surface area contributed by atoms with Crippen LogP contribution < -0.4 is 10.1 Å². The van der Waals surface area contributed by atoms with Gasteiger partial charge in [0.1, 0.15) is 11.5 Å². The fraction of sp³-hybridized carbons (Fsp3) is 0.235. The number of rotatable bonds is 5. The molecule has 2 rings (SSSR count). The van der Waals surface area contributed by atoms with Crippen molar-refractivity contribution in [1.29, 1.82) is 0 Å². The Bertz CT molecular complexity index is 638. The summed E-state index contributed by atoms with van der Waals surface area (Å²) in [6.45, 7) is 2.35. The highest BCUT2D eigenvalue weighted by Gasteiger charge is 2.08. The molecule has 0 aliphatic carbocycles. The first kappa shape index (κ1) is 14.9. The number of hydrogen-bond donors (Lipinski definition) is 2. The van der Waals surface area contributed by atoms with Crippen LogP contribution in [0, 0.1) is 6.92 Å². The van der Waals surface area contributed by atoms with Crippen LogP contribution >= 0.6 is 0 Å². The van der Waals surface area contributed by atoms with Crippen LogP contribution in [0.1, 0.15) is 21.5 Å². The van der Waals surface area contributed by atoms with Crippen molar-refractivity contribution in [2.45, 2.75) is 13.3 Å². The Morgan fingerprint density at radius 1 is 1.24 bits per heavy atom. The van der Waals surface area contributed by atoms with E-state index in [1.54, 1.807) is 26.2 Å². The predicted octanol–water partition coefficient (Wildman–Crippen LogP) is 2.68. The predicted molar refractivity (Wildman–Crippen MR) is 81.9 cm³/mol. The van der Waals surface area contributed by atoms with Crippen molar-refractivity contribution >= 4 is 5.91 Å². The molecular weight excluding hydrogens is 266 g/mol. The van der Waals surface area contributed by atoms with Crippen LogP contribution in [0.25, 0.3) is 0 Å². The highest BCUT2D eigenvalue weighted by Crippen LogP contribution is 2.16. The lowest BCUT2D eigenvalue weighted by Gasteiger charge is -2.09. The van der Waals surface area contributed by atoms with Gasteiger partial charge in [0.05, 0.1) is 7.11 Å². The van der Waals surface area contributed by atoms with Crippen LogP contribution in [0.5, 0.6) is 11.5 Å². The molecule has 2 aromatic rings. The van der Waals surface area contributed by atoms with Crippen molar-refractivity contribution in [3.8, 4) is 11.5 Å². The van der Waals surface area contributed by atoms with Gasteiger partial charge in [-0.2, -0.15) is 0 Å². The summed E-state index contributed by atoms with van der Waals surface area (Å²) in [6.07, 6.45) is 0.736. The summed E-state index contributed by atoms with van der Waals surface area (Å²) in [6, 6.07) is 12.5. The van der Waals surface area contributed by atoms with Gasteiger partial charge >= 0.3 is 0 Å². The molecule has 0 aliphatic rings. The van der Waals surface area contributed by atoms with Crippen molar-refractivity contribution in [2.75, 3.05) is 13.7 Å². The minimum Gasteiger partial charge on any atom is -0.508 e. The maximum Gasteiger partial charge on any atom is 0.251 e. The van der Waals surface area contributed by atoms with Gasteiger partial charge in [0.2, 0.25) is 0 Å². The second-order valence-electron chi connectivity index (χ2n) is 4.86. The third kappa shape index (κ3) is 3.99. The standard InChI is InChI=1S/C17H19NO3/c1-12-10-14(19)6-7-16(12)17(20)18-9-8-13-4-3-5-15(11-13)21-2/h3-7,10-11,19H,8-9H2,1-2H3,(H,18,20). The average Bonchev–Trinajstić information content (AvgIpc) is 2.47. The van der Waals surface area contributed by atoms with E-state index >= 15 is 0 Å². The van der Waals surface area contributed by atoms with E-state index in [0.717, 1.165) is 23.3 Å². The third-order valence-corrected chi connectivity index (χ3v) is 3.29. The van der Waals surface area contributed by atoms with Gasteiger partial charge in [-0.25, -0.2) is 0 Å². The molecule has 2 aromatic carbocycles. The number of phenols is 1. The van der Waals surface area contributed by atoms with Gasteiger partial charge in [0.25, 0.3) is 5.91 Å². The fourth-order valence-corrected chi connectivity index (χ4v) is 2.15. The summed E-state index contributed by atoms with van der Waals surface area (Å²) < 4.78 is 5.17. The first-order valence-corrected chi connectivity index (χ1v) is 6.81. The Labute approximate surface area is 124 Å². The van der Waals surface area contributed by atoms with E-state index in [1.807, 2.05) is 24.3 Å². The van der Waals surface area contributed by atoms with Gasteiger partial charge in [0.15, 0.2) is 0 Å². The van der Waals surface area contributed by atoms with E-state index in [1.165, 1.54) is 6.07 Å². The Kier molecular flexibility index (Phi) is 4.82. The van der Waals surface area contributed by atoms with E-state index in [-0.39, 0.29) is 11.7 Å². The van der Waals surface area contributed by atoms with E-state index in [0.29, 0.717) is 12.1 Å². The van der Waals surface area contributed by atoms with E-state index in [2.05, 4.69) is 5.32 Å². The molecule has 0 heterocycles. The third-order valence-electron chi connectivity index (χ3n) is 3.29. The number of nitrogens with one attached hydrogen (secondary N) is 1. The normalized spacial score (nSPS) is 10.2. The highest BCUT2D eigenvalue weighted by molar-refractivity contribution is 5.95. The Morgan fingerprint density at radius 3 is 2.76 bits per heavy atom. The Morgan fingerprint density at radius 2 is 2.05 bits per heavy atom. The van der Waals surface area contributed by atoms with Gasteiger partial charge in [-0.1, -0.05) is 12.1 Å². The van der Waals surface area contributed by atoms with Crippen LogP contribution in [-0.4, -0.2) is 24.7 Å². The number of benzene rings is 2. The van der Waals surface area contributed by atoms with Gasteiger partial charge < -0.3 is 15.2 Å². The molecule has 0 bridgehead atoms. The van der Waals surface area contributed by atoms with Gasteiger partial charge in [0, 0.05) is 12.1 Å². The number of amides is 1. The van der Waals surface area contributed by atoms with Crippen molar-refractivity contribution in [3.05, 3.63) is 59.2 Å². The van der Waals surface area contributed by atoms with E-state index in [9.17, 15) is 9.90 Å². The lowest BCUT2D eigenvalue weighted by atomic mass is 10.1. The summed E-state index contributed by atoms with van der Waals surface area (Å²) in [4.78, 5) is 12.1. The van der Waals surface area contributed by atoms with Crippen LogP contribution in [0.2, 0.25) is 0 Å². The maximum absolute atomic E-state index is 12.1. The van der Waals surface area contributed by atoms with Crippen LogP contribution in [0.4, 0.5) is 0 Å². The summed E-state index contributed by atoms with van der Waals surface area (Å²) in [5.74, 6) is 0.851. The molecule has 1 amide bonds. The van der Waals surface area contributed by atoms with Crippen LogP contribution in [0.15, 0.2) is 42.5 Å². The second-order valence-corrected chi connectivity index (χ2v) is 4.86. The molecule has 0 aromatic heterocycles. The first-order valence-electron chi connectivity index (χ1n) is 6.81. The highest BCUT2D eigenvalue weighted by atomic mass is 16.5. The van der Waals surface area contributed by atoms with Crippen LogP contribution in [-0.2, 0) is 6.42 Å². The van der Waals surface area contributed by atoms with E-state index in [4.69, 9.17) is 4.74 Å². The van der Waals surface area contributed by atoms with Crippen molar-refractivity contribution < 1.29 is 14.6 Å². The molecule has 0 spiro atoms. The largest absolute Gasteiger partial charge is 0.508 e. The number of hydrogen-bond acceptors (Lipinski definition) is 3. The zero-order valence-electron chi connectivity index (χ0n) is 12.2. The average molecular weight is 285 g/mol. The lowest BCUT2D eigenvalue weighted by Crippen LogP contribution is -2.26. The van der Waals surface area contributed by atoms with Crippen molar-refractivity contribution in [2.24, 2.45) is 0 Å². The summed E-state index contributed by atoms with van der Waals surface area (Å²) in [7, 11) is 1.63. The first-order chi connectivity index (χ1) is 10.1. The van der Waals surface area contributed by atoms with Crippen molar-refractivity contribution in [1.82, 2.24) is 5.32 Å². The van der Waals surface area contributed by atoms with Crippen LogP contribution in [0.3, 0.4) is 0 Å². The fourth-order valence-electron chi connectivity index (χ4n) is 2.15. The van der Waals surface area contributed by atoms with Gasteiger partial charge in [-0.3, -0.25) is 4.79 Å². The summed E-state index contributed by atoms with van der Waals surface area (Å²) in [5.41, 5.74) is 2.45.